The van der Waals surface area contributed by atoms with Crippen molar-refractivity contribution in [2.45, 2.75) is 12.8 Å². The molecule has 1 aliphatic rings. The lowest BCUT2D eigenvalue weighted by molar-refractivity contribution is -0.118. The van der Waals surface area contributed by atoms with Gasteiger partial charge >= 0.3 is 0 Å². The third-order valence-corrected chi connectivity index (χ3v) is 5.39. The topological polar surface area (TPSA) is 75.4 Å². The lowest BCUT2D eigenvalue weighted by Crippen LogP contribution is -2.46. The van der Waals surface area contributed by atoms with Crippen LogP contribution in [0.15, 0.2) is 66.7 Å². The number of carbonyl (C=O) groups is 1. The Bertz CT molecular complexity index is 949. The number of hydrogen-bond donors (Lipinski definition) is 1. The van der Waals surface area contributed by atoms with Crippen molar-refractivity contribution in [1.82, 2.24) is 10.2 Å². The number of aromatic nitrogens is 2. The van der Waals surface area contributed by atoms with Crippen LogP contribution < -0.4 is 15.5 Å². The van der Waals surface area contributed by atoms with E-state index in [-0.39, 0.29) is 0 Å². The maximum Gasteiger partial charge on any atom is 0.231 e. The van der Waals surface area contributed by atoms with E-state index < -0.39 is 11.8 Å². The van der Waals surface area contributed by atoms with E-state index in [9.17, 15) is 4.79 Å². The van der Waals surface area contributed by atoms with Crippen molar-refractivity contribution in [1.29, 1.82) is 0 Å². The lowest BCUT2D eigenvalue weighted by atomic mass is 9.94. The van der Waals surface area contributed by atoms with Gasteiger partial charge in [-0.25, -0.2) is 0 Å². The highest BCUT2D eigenvalue weighted by Gasteiger charge is 2.23. The smallest absolute Gasteiger partial charge is 0.231 e. The van der Waals surface area contributed by atoms with Gasteiger partial charge in [-0.05, 0) is 36.8 Å². The predicted molar refractivity (Wildman–Crippen MR) is 115 cm³/mol. The van der Waals surface area contributed by atoms with Gasteiger partial charge in [0.15, 0.2) is 5.82 Å². The highest BCUT2D eigenvalue weighted by Crippen LogP contribution is 2.25. The Morgan fingerprint density at radius 2 is 1.52 bits per heavy atom. The Kier molecular flexibility index (Phi) is 5.42. The van der Waals surface area contributed by atoms with Crippen molar-refractivity contribution < 1.29 is 4.79 Å². The first-order valence-electron chi connectivity index (χ1n) is 9.86. The number of nitrogens with zero attached hydrogens (tertiary/aromatic N) is 4. The van der Waals surface area contributed by atoms with E-state index in [1.165, 1.54) is 5.69 Å². The molecule has 0 radical (unpaired) electrons. The fraction of sp³-hybridized carbons (Fsp3) is 0.261. The van der Waals surface area contributed by atoms with Crippen LogP contribution in [0.3, 0.4) is 0 Å². The molecule has 1 aliphatic heterocycles. The van der Waals surface area contributed by atoms with Crippen molar-refractivity contribution in [3.63, 3.8) is 0 Å². The van der Waals surface area contributed by atoms with E-state index in [1.54, 1.807) is 0 Å². The summed E-state index contributed by atoms with van der Waals surface area (Å²) >= 11 is 0. The van der Waals surface area contributed by atoms with E-state index in [0.717, 1.165) is 43.1 Å². The zero-order valence-electron chi connectivity index (χ0n) is 16.5. The second-order valence-corrected chi connectivity index (χ2v) is 7.37. The van der Waals surface area contributed by atoms with Crippen LogP contribution in [0.2, 0.25) is 0 Å². The first-order chi connectivity index (χ1) is 14.1. The van der Waals surface area contributed by atoms with Crippen molar-refractivity contribution in [2.75, 3.05) is 36.0 Å². The highest BCUT2D eigenvalue weighted by molar-refractivity contribution is 5.85. The van der Waals surface area contributed by atoms with Crippen LogP contribution in [0, 0.1) is 6.92 Å². The third kappa shape index (κ3) is 4.21. The Balaban J connectivity index is 1.46. The Morgan fingerprint density at radius 1 is 0.862 bits per heavy atom. The molecule has 29 heavy (non-hydrogen) atoms. The zero-order valence-corrected chi connectivity index (χ0v) is 16.5. The molecule has 2 aromatic carbocycles. The maximum absolute atomic E-state index is 12.1. The second kappa shape index (κ2) is 8.31. The quantitative estimate of drug-likeness (QED) is 0.729. The molecular formula is C23H25N5O. The normalized spacial score (nSPS) is 15.2. The minimum absolute atomic E-state index is 0.424. The summed E-state index contributed by atoms with van der Waals surface area (Å²) < 4.78 is 0. The largest absolute Gasteiger partial charge is 0.369 e. The Hall–Kier alpha value is -3.41. The molecule has 1 atom stereocenters. The van der Waals surface area contributed by atoms with Gasteiger partial charge in [-0.1, -0.05) is 48.0 Å². The summed E-state index contributed by atoms with van der Waals surface area (Å²) in [5.74, 6) is -0.187. The summed E-state index contributed by atoms with van der Waals surface area (Å²) in [6.07, 6.45) is 0. The van der Waals surface area contributed by atoms with Gasteiger partial charge in [0.25, 0.3) is 0 Å². The van der Waals surface area contributed by atoms with Gasteiger partial charge < -0.3 is 15.5 Å². The second-order valence-electron chi connectivity index (χ2n) is 7.37. The van der Waals surface area contributed by atoms with Gasteiger partial charge in [0.2, 0.25) is 5.91 Å². The van der Waals surface area contributed by atoms with Gasteiger partial charge in [0.1, 0.15) is 5.92 Å². The first kappa shape index (κ1) is 18.9. The number of anilines is 2. The van der Waals surface area contributed by atoms with Crippen molar-refractivity contribution in [2.24, 2.45) is 5.73 Å². The van der Waals surface area contributed by atoms with E-state index >= 15 is 0 Å². The molecule has 0 saturated carbocycles. The molecule has 0 aliphatic carbocycles. The molecule has 0 spiro atoms. The molecule has 6 nitrogen and oxygen atoms in total. The fourth-order valence-corrected chi connectivity index (χ4v) is 3.73. The molecule has 2 N–H and O–H groups in total. The average molecular weight is 387 g/mol. The Labute approximate surface area is 171 Å². The van der Waals surface area contributed by atoms with E-state index in [4.69, 9.17) is 5.73 Å². The predicted octanol–water partition coefficient (Wildman–Crippen LogP) is 2.73. The number of rotatable bonds is 5. The van der Waals surface area contributed by atoms with Crippen LogP contribution >= 0.6 is 0 Å². The number of primary amides is 1. The maximum atomic E-state index is 12.1. The third-order valence-electron chi connectivity index (χ3n) is 5.39. The molecule has 3 aromatic rings. The molecule has 1 fully saturated rings. The monoisotopic (exact) mass is 387 g/mol. The number of amides is 1. The van der Waals surface area contributed by atoms with E-state index in [2.05, 4.69) is 44.3 Å². The summed E-state index contributed by atoms with van der Waals surface area (Å²) in [6, 6.07) is 22.0. The number of nitrogens with two attached hydrogens (primary N) is 1. The number of aryl methyl sites for hydroxylation is 1. The summed E-state index contributed by atoms with van der Waals surface area (Å²) in [5, 5.41) is 8.74. The minimum atomic E-state index is -0.591. The molecule has 0 bridgehead atoms. The summed E-state index contributed by atoms with van der Waals surface area (Å²) in [6.45, 7) is 5.62. The Morgan fingerprint density at radius 3 is 2.10 bits per heavy atom. The number of piperazine rings is 1. The van der Waals surface area contributed by atoms with Crippen molar-refractivity contribution in [3.8, 4) is 0 Å². The van der Waals surface area contributed by atoms with Crippen LogP contribution in [0.5, 0.6) is 0 Å². The molecule has 148 valence electrons. The zero-order chi connectivity index (χ0) is 20.2. The molecule has 1 unspecified atom stereocenters. The van der Waals surface area contributed by atoms with Crippen molar-refractivity contribution >= 4 is 17.4 Å². The van der Waals surface area contributed by atoms with Crippen molar-refractivity contribution in [3.05, 3.63) is 83.6 Å². The van der Waals surface area contributed by atoms with Gasteiger partial charge in [-0.3, -0.25) is 4.79 Å². The molecule has 1 amide bonds. The number of para-hydroxylation sites is 1. The molecule has 1 aromatic heterocycles. The standard InChI is InChI=1S/C23H25N5O/c1-17-7-9-18(10-8-17)22(23(24)29)20-11-12-21(26-25-20)28-15-13-27(14-16-28)19-5-3-2-4-6-19/h2-12,22H,13-16H2,1H3,(H2,24,29). The van der Waals surface area contributed by atoms with Crippen LogP contribution in [-0.4, -0.2) is 42.3 Å². The number of hydrogen-bond acceptors (Lipinski definition) is 5. The number of carbonyl (C=O) groups excluding carboxylic acids is 1. The molecule has 4 rings (SSSR count). The van der Waals surface area contributed by atoms with E-state index in [0.29, 0.717) is 5.69 Å². The molecule has 1 saturated heterocycles. The first-order valence-corrected chi connectivity index (χ1v) is 9.86. The van der Waals surface area contributed by atoms with Gasteiger partial charge in [0.05, 0.1) is 5.69 Å². The lowest BCUT2D eigenvalue weighted by Gasteiger charge is -2.36. The SMILES string of the molecule is Cc1ccc(C(C(N)=O)c2ccc(N3CCN(c4ccccc4)CC3)nn2)cc1. The van der Waals surface area contributed by atoms with Crippen LogP contribution in [0.4, 0.5) is 11.5 Å². The van der Waals surface area contributed by atoms with Gasteiger partial charge in [-0.15, -0.1) is 5.10 Å². The van der Waals surface area contributed by atoms with Crippen LogP contribution in [0.1, 0.15) is 22.7 Å². The highest BCUT2D eigenvalue weighted by atomic mass is 16.1. The van der Waals surface area contributed by atoms with E-state index in [1.807, 2.05) is 49.4 Å². The van der Waals surface area contributed by atoms with Gasteiger partial charge in [0, 0.05) is 31.9 Å². The molecule has 2 heterocycles. The minimum Gasteiger partial charge on any atom is -0.369 e. The fourth-order valence-electron chi connectivity index (χ4n) is 3.73. The van der Waals surface area contributed by atoms with Gasteiger partial charge in [-0.2, -0.15) is 5.10 Å². The molecule has 6 heteroatoms. The van der Waals surface area contributed by atoms with Crippen LogP contribution in [0.25, 0.3) is 0 Å². The average Bonchev–Trinajstić information content (AvgIpc) is 2.76. The summed E-state index contributed by atoms with van der Waals surface area (Å²) in [7, 11) is 0. The molecular weight excluding hydrogens is 362 g/mol. The summed E-state index contributed by atoms with van der Waals surface area (Å²) in [4.78, 5) is 16.7. The van der Waals surface area contributed by atoms with Crippen LogP contribution in [-0.2, 0) is 4.79 Å². The number of benzene rings is 2. The summed E-state index contributed by atoms with van der Waals surface area (Å²) in [5.41, 5.74) is 9.46.